The SMILES string of the molecule is CC(C)(C)OC(=O)N(COCC[Si](C)(C)C)C1=N[C@](CF)(c2cc(Br)ccc2F)[C@H]2C3CSC[C@@]32S1. The number of amides is 1. The third-order valence-corrected chi connectivity index (χ3v) is 12.1. The molecule has 1 unspecified atom stereocenters. The Hall–Kier alpha value is -0.623. The molecule has 4 rings (SSSR count). The van der Waals surface area contributed by atoms with E-state index in [1.807, 2.05) is 11.8 Å². The molecule has 0 aromatic heterocycles. The monoisotopic (exact) mass is 620 g/mol. The van der Waals surface area contributed by atoms with Crippen molar-refractivity contribution >= 4 is 58.8 Å². The van der Waals surface area contributed by atoms with Crippen molar-refractivity contribution in [3.63, 3.8) is 0 Å². The van der Waals surface area contributed by atoms with Crippen molar-refractivity contribution in [2.75, 3.05) is 31.5 Å². The van der Waals surface area contributed by atoms with E-state index < -0.39 is 37.8 Å². The van der Waals surface area contributed by atoms with E-state index in [9.17, 15) is 4.79 Å². The topological polar surface area (TPSA) is 51.1 Å². The second kappa shape index (κ2) is 10.2. The number of fused-ring (bicyclic) bond motifs is 1. The first-order chi connectivity index (χ1) is 16.7. The number of alkyl halides is 1. The number of nitrogens with zero attached hydrogens (tertiary/aromatic N) is 2. The summed E-state index contributed by atoms with van der Waals surface area (Å²) in [5.74, 6) is 1.24. The number of halogens is 3. The molecule has 4 atom stereocenters. The first kappa shape index (κ1) is 28.4. The minimum atomic E-state index is -1.40. The van der Waals surface area contributed by atoms with Gasteiger partial charge in [-0.3, -0.25) is 0 Å². The first-order valence-corrected chi connectivity index (χ1v) is 18.7. The summed E-state index contributed by atoms with van der Waals surface area (Å²) in [7, 11) is -1.34. The molecule has 1 saturated heterocycles. The second-order valence-corrected chi connectivity index (χ2v) is 20.9. The molecule has 1 saturated carbocycles. The number of carbonyl (C=O) groups is 1. The van der Waals surface area contributed by atoms with Crippen molar-refractivity contribution in [1.82, 2.24) is 4.90 Å². The quantitative estimate of drug-likeness (QED) is 0.184. The third-order valence-electron chi connectivity index (χ3n) is 6.82. The van der Waals surface area contributed by atoms with Crippen molar-refractivity contribution < 1.29 is 23.0 Å². The molecule has 0 radical (unpaired) electrons. The molecule has 2 aliphatic heterocycles. The number of amidine groups is 1. The highest BCUT2D eigenvalue weighted by molar-refractivity contribution is 9.10. The minimum Gasteiger partial charge on any atom is -0.443 e. The number of thioether (sulfide) groups is 2. The summed E-state index contributed by atoms with van der Waals surface area (Å²) in [6.07, 6.45) is -0.595. The molecule has 36 heavy (non-hydrogen) atoms. The highest BCUT2D eigenvalue weighted by atomic mass is 79.9. The number of hydrogen-bond acceptors (Lipinski definition) is 6. The van der Waals surface area contributed by atoms with Crippen LogP contribution in [0.5, 0.6) is 0 Å². The van der Waals surface area contributed by atoms with Crippen LogP contribution in [0.15, 0.2) is 27.7 Å². The van der Waals surface area contributed by atoms with Gasteiger partial charge in [-0.15, -0.1) is 0 Å². The zero-order chi connectivity index (χ0) is 26.5. The maximum Gasteiger partial charge on any atom is 0.418 e. The van der Waals surface area contributed by atoms with E-state index >= 15 is 8.78 Å². The summed E-state index contributed by atoms with van der Waals surface area (Å²) in [6, 6.07) is 5.52. The van der Waals surface area contributed by atoms with E-state index in [2.05, 4.69) is 35.6 Å². The van der Waals surface area contributed by atoms with Gasteiger partial charge in [0, 0.05) is 41.1 Å². The molecule has 11 heteroatoms. The molecule has 1 amide bonds. The zero-order valence-electron chi connectivity index (χ0n) is 21.7. The third kappa shape index (κ3) is 5.55. The van der Waals surface area contributed by atoms with Crippen molar-refractivity contribution in [1.29, 1.82) is 0 Å². The van der Waals surface area contributed by atoms with Gasteiger partial charge in [0.05, 0.1) is 0 Å². The lowest BCUT2D eigenvalue weighted by Gasteiger charge is -2.38. The van der Waals surface area contributed by atoms with Gasteiger partial charge in [0.15, 0.2) is 5.17 Å². The van der Waals surface area contributed by atoms with Gasteiger partial charge in [-0.05, 0) is 56.7 Å². The molecule has 2 fully saturated rings. The lowest BCUT2D eigenvalue weighted by Crippen LogP contribution is -2.47. The fourth-order valence-electron chi connectivity index (χ4n) is 5.01. The summed E-state index contributed by atoms with van der Waals surface area (Å²) in [4.78, 5) is 19.6. The molecule has 1 aliphatic carbocycles. The van der Waals surface area contributed by atoms with Crippen LogP contribution in [0.25, 0.3) is 0 Å². The molecule has 0 bridgehead atoms. The standard InChI is InChI=1S/C25H35BrF2N2O3S2Si/c1-23(2,3)33-22(31)30(15-32-9-10-36(4,5)6)21-29-24(13-27,17-11-16(26)7-8-19(17)28)20-18-12-34-14-25(18,20)35-21/h7-8,11,18,20H,9-10,12-15H2,1-6H3/t18?,20-,24-,25-/m1/s1. The maximum absolute atomic E-state index is 15.2. The Kier molecular flexibility index (Phi) is 8.02. The van der Waals surface area contributed by atoms with E-state index in [-0.39, 0.29) is 28.9 Å². The Morgan fingerprint density at radius 2 is 2.06 bits per heavy atom. The molecular formula is C25H35BrF2N2O3S2Si. The van der Waals surface area contributed by atoms with Crippen molar-refractivity contribution in [3.8, 4) is 0 Å². The number of hydrogen-bond donors (Lipinski definition) is 0. The highest BCUT2D eigenvalue weighted by Crippen LogP contribution is 2.75. The summed E-state index contributed by atoms with van der Waals surface area (Å²) < 4.78 is 42.4. The summed E-state index contributed by atoms with van der Waals surface area (Å²) in [5, 5.41) is 0.343. The Bertz CT molecular complexity index is 1050. The lowest BCUT2D eigenvalue weighted by atomic mass is 9.84. The van der Waals surface area contributed by atoms with E-state index in [4.69, 9.17) is 14.5 Å². The van der Waals surface area contributed by atoms with Crippen LogP contribution in [-0.4, -0.2) is 66.1 Å². The molecule has 3 aliphatic rings. The number of benzene rings is 1. The molecule has 1 spiro atoms. The summed E-state index contributed by atoms with van der Waals surface area (Å²) in [5.41, 5.74) is -1.91. The fraction of sp³-hybridized carbons (Fsp3) is 0.680. The van der Waals surface area contributed by atoms with Gasteiger partial charge in [0.2, 0.25) is 0 Å². The molecule has 5 nitrogen and oxygen atoms in total. The number of carbonyl (C=O) groups excluding carboxylic acids is 1. The minimum absolute atomic E-state index is 0.0485. The summed E-state index contributed by atoms with van der Waals surface area (Å²) in [6.45, 7) is 11.8. The van der Waals surface area contributed by atoms with Crippen LogP contribution in [0, 0.1) is 17.7 Å². The number of rotatable bonds is 7. The number of ether oxygens (including phenoxy) is 2. The van der Waals surface area contributed by atoms with Crippen LogP contribution in [0.4, 0.5) is 13.6 Å². The van der Waals surface area contributed by atoms with Crippen molar-refractivity contribution in [2.24, 2.45) is 16.8 Å². The molecule has 1 aromatic carbocycles. The van der Waals surface area contributed by atoms with Crippen LogP contribution in [0.3, 0.4) is 0 Å². The molecule has 1 aromatic rings. The largest absolute Gasteiger partial charge is 0.443 e. The smallest absolute Gasteiger partial charge is 0.418 e. The Morgan fingerprint density at radius 1 is 1.33 bits per heavy atom. The average molecular weight is 622 g/mol. The first-order valence-electron chi connectivity index (χ1n) is 12.2. The Morgan fingerprint density at radius 3 is 2.69 bits per heavy atom. The van der Waals surface area contributed by atoms with Gasteiger partial charge in [0.1, 0.15) is 30.4 Å². The molecule has 2 heterocycles. The Labute approximate surface area is 230 Å². The maximum atomic E-state index is 15.2. The highest BCUT2D eigenvalue weighted by Gasteiger charge is 2.77. The predicted octanol–water partition coefficient (Wildman–Crippen LogP) is 7.14. The van der Waals surface area contributed by atoms with Crippen LogP contribution >= 0.6 is 39.5 Å². The van der Waals surface area contributed by atoms with Crippen molar-refractivity contribution in [2.45, 2.75) is 62.3 Å². The van der Waals surface area contributed by atoms with Gasteiger partial charge in [-0.2, -0.15) is 11.8 Å². The average Bonchev–Trinajstić information content (AvgIpc) is 3.22. The van der Waals surface area contributed by atoms with Crippen molar-refractivity contribution in [3.05, 3.63) is 34.1 Å². The van der Waals surface area contributed by atoms with E-state index in [0.717, 1.165) is 17.5 Å². The predicted molar refractivity (Wildman–Crippen MR) is 151 cm³/mol. The second-order valence-electron chi connectivity index (χ2n) is 12.0. The van der Waals surface area contributed by atoms with Gasteiger partial charge in [-0.1, -0.05) is 47.3 Å². The fourth-order valence-corrected chi connectivity index (χ4v) is 9.86. The van der Waals surface area contributed by atoms with Gasteiger partial charge in [-0.25, -0.2) is 23.5 Å². The molecular weight excluding hydrogens is 586 g/mol. The van der Waals surface area contributed by atoms with Crippen LogP contribution < -0.4 is 0 Å². The number of aliphatic imine (C=N–C) groups is 1. The zero-order valence-corrected chi connectivity index (χ0v) is 25.9. The van der Waals surface area contributed by atoms with Crippen LogP contribution in [0.2, 0.25) is 25.7 Å². The normalized spacial score (nSPS) is 29.3. The van der Waals surface area contributed by atoms with Gasteiger partial charge < -0.3 is 9.47 Å². The van der Waals surface area contributed by atoms with E-state index in [1.165, 1.54) is 22.7 Å². The van der Waals surface area contributed by atoms with Crippen LogP contribution in [-0.2, 0) is 15.0 Å². The molecule has 200 valence electrons. The van der Waals surface area contributed by atoms with E-state index in [0.29, 0.717) is 16.2 Å². The van der Waals surface area contributed by atoms with Gasteiger partial charge >= 0.3 is 6.09 Å². The van der Waals surface area contributed by atoms with E-state index in [1.54, 1.807) is 32.9 Å². The van der Waals surface area contributed by atoms with Crippen LogP contribution in [0.1, 0.15) is 26.3 Å². The summed E-state index contributed by atoms with van der Waals surface area (Å²) >= 11 is 6.74. The lowest BCUT2D eigenvalue weighted by molar-refractivity contribution is 0.0109. The molecule has 0 N–H and O–H groups in total. The Balaban J connectivity index is 1.74. The van der Waals surface area contributed by atoms with Gasteiger partial charge in [0.25, 0.3) is 0 Å².